The molecule has 0 amide bonds. The fraction of sp³-hybridized carbons (Fsp3) is 0.500. The van der Waals surface area contributed by atoms with Gasteiger partial charge in [0.2, 0.25) is 0 Å². The summed E-state index contributed by atoms with van der Waals surface area (Å²) in [6.45, 7) is 4.97. The molecule has 1 aromatic heterocycles. The summed E-state index contributed by atoms with van der Waals surface area (Å²) < 4.78 is 7.46. The average molecular weight is 318 g/mol. The van der Waals surface area contributed by atoms with Gasteiger partial charge < -0.3 is 8.75 Å². The molecule has 1 aromatic rings. The minimum Gasteiger partial charge on any atom is -0.308 e. The van der Waals surface area contributed by atoms with E-state index in [0.717, 1.165) is 25.7 Å². The molecule has 0 saturated heterocycles. The lowest BCUT2D eigenvalue weighted by Gasteiger charge is -2.05. The van der Waals surface area contributed by atoms with Crippen LogP contribution in [0.5, 0.6) is 0 Å². The number of rotatable bonds is 9. The van der Waals surface area contributed by atoms with E-state index >= 15 is 0 Å². The normalized spacial score (nSPS) is 12.2. The van der Waals surface area contributed by atoms with Gasteiger partial charge in [0.15, 0.2) is 0 Å². The van der Waals surface area contributed by atoms with E-state index in [9.17, 15) is 4.79 Å². The van der Waals surface area contributed by atoms with Crippen molar-refractivity contribution in [2.24, 2.45) is 0 Å². The maximum absolute atomic E-state index is 11.5. The minimum absolute atomic E-state index is 0.142. The summed E-state index contributed by atoms with van der Waals surface area (Å²) in [6, 6.07) is 1.73. The van der Waals surface area contributed by atoms with Gasteiger partial charge in [-0.2, -0.15) is 0 Å². The monoisotopic (exact) mass is 318 g/mol. The molecule has 106 valence electrons. The lowest BCUT2D eigenvalue weighted by atomic mass is 10.2. The van der Waals surface area contributed by atoms with E-state index in [1.165, 1.54) is 0 Å². The molecule has 0 radical (unpaired) electrons. The fourth-order valence-corrected chi connectivity index (χ4v) is 2.28. The average Bonchev–Trinajstić information content (AvgIpc) is 2.39. The van der Waals surface area contributed by atoms with Crippen molar-refractivity contribution in [1.82, 2.24) is 9.55 Å². The van der Waals surface area contributed by atoms with Crippen molar-refractivity contribution in [2.75, 3.05) is 6.61 Å². The van der Waals surface area contributed by atoms with Crippen LogP contribution in [0, 0.1) is 4.64 Å². The lowest BCUT2D eigenvalue weighted by Crippen LogP contribution is -2.22. The van der Waals surface area contributed by atoms with Crippen molar-refractivity contribution in [2.45, 2.75) is 32.2 Å². The van der Waals surface area contributed by atoms with Gasteiger partial charge >= 0.3 is 5.69 Å². The Morgan fingerprint density at radius 3 is 2.84 bits per heavy atom. The van der Waals surface area contributed by atoms with Gasteiger partial charge in [0.05, 0.1) is 6.61 Å². The highest BCUT2D eigenvalue weighted by molar-refractivity contribution is 8.27. The first-order valence-corrected chi connectivity index (χ1v) is 8.64. The van der Waals surface area contributed by atoms with E-state index in [4.69, 9.17) is 27.6 Å². The van der Waals surface area contributed by atoms with Gasteiger partial charge in [0.25, 0.3) is 0 Å². The molecule has 0 bridgehead atoms. The molecular weight excluding hydrogens is 300 g/mol. The van der Waals surface area contributed by atoms with Crippen LogP contribution in [0.1, 0.15) is 25.7 Å². The number of hydrogen-bond donors (Lipinski definition) is 1. The zero-order valence-corrected chi connectivity index (χ0v) is 13.1. The second-order valence-corrected chi connectivity index (χ2v) is 6.48. The highest BCUT2D eigenvalue weighted by atomic mass is 32.8. The first-order chi connectivity index (χ1) is 9.13. The molecule has 1 rings (SSSR count). The van der Waals surface area contributed by atoms with Gasteiger partial charge in [-0.1, -0.05) is 31.6 Å². The number of nitrogens with one attached hydrogen (secondary N) is 1. The zero-order chi connectivity index (χ0) is 14.1. The largest absolute Gasteiger partial charge is 0.326 e. The van der Waals surface area contributed by atoms with Crippen LogP contribution >= 0.6 is 12.2 Å². The third-order valence-corrected chi connectivity index (χ3v) is 4.13. The predicted octanol–water partition coefficient (Wildman–Crippen LogP) is 2.62. The molecule has 19 heavy (non-hydrogen) atoms. The van der Waals surface area contributed by atoms with Crippen LogP contribution < -0.4 is 5.69 Å². The van der Waals surface area contributed by atoms with Gasteiger partial charge in [-0.15, -0.1) is 0 Å². The predicted molar refractivity (Wildman–Crippen MR) is 85.2 cm³/mol. The first kappa shape index (κ1) is 16.4. The van der Waals surface area contributed by atoms with Gasteiger partial charge in [0, 0.05) is 22.5 Å². The molecule has 0 aliphatic rings. The molecule has 0 saturated carbocycles. The van der Waals surface area contributed by atoms with Crippen LogP contribution in [-0.2, 0) is 31.7 Å². The summed E-state index contributed by atoms with van der Waals surface area (Å²) >= 11 is 9.84. The van der Waals surface area contributed by atoms with E-state index in [0.29, 0.717) is 17.8 Å². The molecule has 1 heterocycles. The molecule has 0 fully saturated rings. The third kappa shape index (κ3) is 6.91. The highest BCUT2D eigenvalue weighted by Crippen LogP contribution is 2.02. The number of aromatic amines is 1. The summed E-state index contributed by atoms with van der Waals surface area (Å²) in [5, 5.41) is 1.64. The van der Waals surface area contributed by atoms with Crippen molar-refractivity contribution in [3.05, 3.63) is 39.4 Å². The fourth-order valence-electron chi connectivity index (χ4n) is 1.55. The first-order valence-electron chi connectivity index (χ1n) is 6.09. The maximum Gasteiger partial charge on any atom is 0.326 e. The molecule has 1 unspecified atom stereocenters. The van der Waals surface area contributed by atoms with Gasteiger partial charge in [-0.25, -0.2) is 4.79 Å². The van der Waals surface area contributed by atoms with Crippen LogP contribution in [0.25, 0.3) is 0 Å². The minimum atomic E-state index is -0.531. The molecule has 0 aliphatic heterocycles. The lowest BCUT2D eigenvalue weighted by molar-refractivity contribution is 0.353. The number of H-pyrrole nitrogens is 1. The smallest absolute Gasteiger partial charge is 0.308 e. The van der Waals surface area contributed by atoms with Crippen molar-refractivity contribution in [1.29, 1.82) is 0 Å². The maximum atomic E-state index is 11.5. The summed E-state index contributed by atoms with van der Waals surface area (Å²) in [6.07, 6.45) is 5.81. The molecule has 1 N–H and O–H groups in total. The van der Waals surface area contributed by atoms with Crippen molar-refractivity contribution in [3.8, 4) is 0 Å². The Morgan fingerprint density at radius 1 is 1.42 bits per heavy atom. The quantitative estimate of drug-likeness (QED) is 0.562. The van der Waals surface area contributed by atoms with Crippen LogP contribution in [0.15, 0.2) is 29.0 Å². The Morgan fingerprint density at radius 2 is 2.16 bits per heavy atom. The Hall–Kier alpha value is -0.630. The van der Waals surface area contributed by atoms with Crippen LogP contribution in [0.2, 0.25) is 0 Å². The molecule has 7 heteroatoms. The van der Waals surface area contributed by atoms with Crippen molar-refractivity contribution >= 4 is 33.1 Å². The summed E-state index contributed by atoms with van der Waals surface area (Å²) in [7, 11) is -0.531. The summed E-state index contributed by atoms with van der Waals surface area (Å²) in [5.74, 6) is 0. The van der Waals surface area contributed by atoms with Gasteiger partial charge in [-0.05, 0) is 35.5 Å². The van der Waals surface area contributed by atoms with Crippen LogP contribution in [0.4, 0.5) is 0 Å². The molecule has 4 nitrogen and oxygen atoms in total. The van der Waals surface area contributed by atoms with Crippen molar-refractivity contribution in [3.63, 3.8) is 0 Å². The molecule has 0 aromatic carbocycles. The topological polar surface area (TPSA) is 47.0 Å². The molecule has 1 atom stereocenters. The van der Waals surface area contributed by atoms with Gasteiger partial charge in [0.1, 0.15) is 4.64 Å². The zero-order valence-electron chi connectivity index (χ0n) is 10.7. The van der Waals surface area contributed by atoms with Gasteiger partial charge in [-0.3, -0.25) is 4.98 Å². The van der Waals surface area contributed by atoms with Crippen molar-refractivity contribution < 1.29 is 4.18 Å². The summed E-state index contributed by atoms with van der Waals surface area (Å²) in [4.78, 5) is 14.1. The Labute approximate surface area is 125 Å². The van der Waals surface area contributed by atoms with Crippen LogP contribution in [0.3, 0.4) is 0 Å². The molecular formula is C12H18N2O2S3. The number of aryl methyl sites for hydroxylation is 1. The summed E-state index contributed by atoms with van der Waals surface area (Å²) in [5.41, 5.74) is -0.142. The highest BCUT2D eigenvalue weighted by Gasteiger charge is 1.96. The number of unbranched alkanes of at least 4 members (excludes halogenated alkanes) is 3. The molecule has 0 spiro atoms. The third-order valence-electron chi connectivity index (χ3n) is 2.53. The van der Waals surface area contributed by atoms with E-state index in [1.807, 2.05) is 0 Å². The number of hydrogen-bond acceptors (Lipinski definition) is 4. The second-order valence-electron chi connectivity index (χ2n) is 3.97. The van der Waals surface area contributed by atoms with Crippen LogP contribution in [-0.4, -0.2) is 16.2 Å². The van der Waals surface area contributed by atoms with E-state index in [-0.39, 0.29) is 5.69 Å². The standard InChI is InChI=1S/C12H18N2O2S3/c1-2-19(18)16-10-6-4-3-5-8-14-9-7-11(17)13-12(14)15/h2,7,9H,1,3-6,8,10H2,(H,13,15,17). The SMILES string of the molecule is C=CS(=S)OCCCCCCn1ccc(=S)[nH]c1=O. The van der Waals surface area contributed by atoms with E-state index in [1.54, 1.807) is 22.2 Å². The Balaban J connectivity index is 2.14. The number of aromatic nitrogens is 2. The second kappa shape index (κ2) is 9.30. The Kier molecular flexibility index (Phi) is 8.04. The molecule has 0 aliphatic carbocycles. The van der Waals surface area contributed by atoms with E-state index < -0.39 is 9.74 Å². The number of nitrogens with zero attached hydrogens (tertiary/aromatic N) is 1. The van der Waals surface area contributed by atoms with E-state index in [2.05, 4.69) is 11.6 Å². The Bertz CT molecular complexity index is 536.